The van der Waals surface area contributed by atoms with Crippen molar-refractivity contribution in [1.29, 1.82) is 0 Å². The molecule has 1 aromatic carbocycles. The number of carbonyl (C=O) groups excluding carboxylic acids is 2. The van der Waals surface area contributed by atoms with E-state index in [9.17, 15) is 19.7 Å². The zero-order chi connectivity index (χ0) is 18.1. The molecule has 3 N–H and O–H groups in total. The average Bonchev–Trinajstić information content (AvgIpc) is 2.47. The molecule has 0 aromatic heterocycles. The summed E-state index contributed by atoms with van der Waals surface area (Å²) in [7, 11) is 0. The largest absolute Gasteiger partial charge is 0.369 e. The number of guanidine groups is 1. The molecule has 0 spiro atoms. The van der Waals surface area contributed by atoms with Crippen molar-refractivity contribution >= 4 is 41.0 Å². The van der Waals surface area contributed by atoms with Crippen LogP contribution in [0.2, 0.25) is 10.0 Å². The number of nitrogens with one attached hydrogen (secondary N) is 1. The van der Waals surface area contributed by atoms with Gasteiger partial charge in [-0.15, -0.1) is 10.1 Å². The number of hydrogen-bond acceptors (Lipinski definition) is 5. The maximum atomic E-state index is 11.8. The van der Waals surface area contributed by atoms with Gasteiger partial charge in [-0.2, -0.15) is 4.99 Å². The first-order chi connectivity index (χ1) is 11.3. The quantitative estimate of drug-likeness (QED) is 0.243. The van der Waals surface area contributed by atoms with Crippen LogP contribution in [0.25, 0.3) is 0 Å². The Bertz CT molecular complexity index is 646. The Morgan fingerprint density at radius 3 is 2.54 bits per heavy atom. The van der Waals surface area contributed by atoms with Crippen molar-refractivity contribution in [3.05, 3.63) is 43.9 Å². The molecule has 1 aromatic rings. The summed E-state index contributed by atoms with van der Waals surface area (Å²) in [5.74, 6) is -1.57. The Labute approximate surface area is 146 Å². The molecule has 0 aliphatic rings. The van der Waals surface area contributed by atoms with Crippen LogP contribution in [0.1, 0.15) is 18.4 Å². The van der Waals surface area contributed by atoms with E-state index in [4.69, 9.17) is 28.9 Å². The number of benzene rings is 1. The van der Waals surface area contributed by atoms with Crippen molar-refractivity contribution in [3.8, 4) is 0 Å². The molecular weight excluding hydrogens is 363 g/mol. The second-order valence-electron chi connectivity index (χ2n) is 4.48. The minimum absolute atomic E-state index is 0.0970. The maximum Gasteiger partial charge on any atom is 0.294 e. The van der Waals surface area contributed by atoms with E-state index >= 15 is 0 Å². The van der Waals surface area contributed by atoms with Crippen molar-refractivity contribution in [1.82, 2.24) is 5.32 Å². The van der Waals surface area contributed by atoms with Gasteiger partial charge in [0.25, 0.3) is 5.09 Å². The summed E-state index contributed by atoms with van der Waals surface area (Å²) in [5, 5.41) is 11.9. The molecular formula is C13H14Cl2N4O5. The second kappa shape index (κ2) is 9.68. The van der Waals surface area contributed by atoms with Gasteiger partial charge in [-0.05, 0) is 24.1 Å². The normalized spacial score (nSPS) is 11.0. The van der Waals surface area contributed by atoms with Crippen LogP contribution in [0.3, 0.4) is 0 Å². The van der Waals surface area contributed by atoms with Crippen LogP contribution in [-0.2, 0) is 20.8 Å². The molecule has 0 atom stereocenters. The number of halogens is 2. The number of nitrogens with zero attached hydrogens (tertiary/aromatic N) is 2. The first-order valence-electron chi connectivity index (χ1n) is 6.66. The van der Waals surface area contributed by atoms with Crippen LogP contribution in [-0.4, -0.2) is 29.5 Å². The molecule has 0 radical (unpaired) electrons. The summed E-state index contributed by atoms with van der Waals surface area (Å²) in [4.78, 5) is 40.7. The third kappa shape index (κ3) is 7.25. The van der Waals surface area contributed by atoms with Gasteiger partial charge in [-0.1, -0.05) is 29.3 Å². The fourth-order valence-electron chi connectivity index (χ4n) is 1.63. The molecule has 24 heavy (non-hydrogen) atoms. The van der Waals surface area contributed by atoms with E-state index in [1.165, 1.54) is 0 Å². The Hall–Kier alpha value is -2.39. The van der Waals surface area contributed by atoms with Crippen molar-refractivity contribution in [2.45, 2.75) is 19.3 Å². The minimum Gasteiger partial charge on any atom is -0.369 e. The monoisotopic (exact) mass is 376 g/mol. The lowest BCUT2D eigenvalue weighted by Gasteiger charge is -2.07. The van der Waals surface area contributed by atoms with Crippen molar-refractivity contribution in [2.75, 3.05) is 6.61 Å². The fraction of sp³-hybridized carbons (Fsp3) is 0.308. The molecule has 2 amide bonds. The Morgan fingerprint density at radius 1 is 1.33 bits per heavy atom. The molecule has 0 aliphatic carbocycles. The third-order valence-electron chi connectivity index (χ3n) is 2.64. The highest BCUT2D eigenvalue weighted by atomic mass is 35.5. The Kier molecular flexibility index (Phi) is 7.93. The molecule has 0 aliphatic heterocycles. The Morgan fingerprint density at radius 2 is 1.96 bits per heavy atom. The van der Waals surface area contributed by atoms with E-state index in [-0.39, 0.29) is 31.8 Å². The van der Waals surface area contributed by atoms with Gasteiger partial charge < -0.3 is 10.6 Å². The standard InChI is InChI=1S/C13H14Cl2N4O5/c14-9-3-1-4-10(15)8(9)7-12(21)18-13(16)17-11(20)5-2-6-24-19(22)23/h1,3-4H,2,5-7H2,(H3,16,17,18,20,21). The summed E-state index contributed by atoms with van der Waals surface area (Å²) in [5.41, 5.74) is 5.87. The predicted octanol–water partition coefficient (Wildman–Crippen LogP) is 1.48. The van der Waals surface area contributed by atoms with Crippen LogP contribution < -0.4 is 11.1 Å². The average molecular weight is 377 g/mol. The SMILES string of the molecule is NC(=NC(=O)CCCO[N+](=O)[O-])NC(=O)Cc1c(Cl)cccc1Cl. The summed E-state index contributed by atoms with van der Waals surface area (Å²) in [6.07, 6.45) is -0.153. The van der Waals surface area contributed by atoms with Gasteiger partial charge in [-0.3, -0.25) is 14.9 Å². The van der Waals surface area contributed by atoms with Gasteiger partial charge in [0.15, 0.2) is 0 Å². The van der Waals surface area contributed by atoms with E-state index in [0.717, 1.165) is 0 Å². The lowest BCUT2D eigenvalue weighted by atomic mass is 10.1. The van der Waals surface area contributed by atoms with E-state index in [0.29, 0.717) is 15.6 Å². The van der Waals surface area contributed by atoms with E-state index in [1.54, 1.807) is 18.2 Å². The van der Waals surface area contributed by atoms with Crippen LogP contribution in [0, 0.1) is 10.1 Å². The molecule has 0 heterocycles. The lowest BCUT2D eigenvalue weighted by molar-refractivity contribution is -0.757. The molecule has 130 valence electrons. The molecule has 9 nitrogen and oxygen atoms in total. The molecule has 11 heteroatoms. The number of nitrogens with two attached hydrogens (primary N) is 1. The molecule has 1 rings (SSSR count). The highest BCUT2D eigenvalue weighted by molar-refractivity contribution is 6.36. The summed E-state index contributed by atoms with van der Waals surface area (Å²) in [6, 6.07) is 4.82. The van der Waals surface area contributed by atoms with Crippen LogP contribution in [0.15, 0.2) is 23.2 Å². The minimum atomic E-state index is -0.956. The van der Waals surface area contributed by atoms with Crippen LogP contribution >= 0.6 is 23.2 Å². The van der Waals surface area contributed by atoms with Gasteiger partial charge in [-0.25, -0.2) is 0 Å². The first-order valence-corrected chi connectivity index (χ1v) is 7.42. The summed E-state index contributed by atoms with van der Waals surface area (Å²) >= 11 is 11.9. The second-order valence-corrected chi connectivity index (χ2v) is 5.29. The summed E-state index contributed by atoms with van der Waals surface area (Å²) < 4.78 is 0. The lowest BCUT2D eigenvalue weighted by Crippen LogP contribution is -2.38. The molecule has 0 saturated heterocycles. The molecule has 0 bridgehead atoms. The first kappa shape index (κ1) is 19.7. The Balaban J connectivity index is 2.48. The highest BCUT2D eigenvalue weighted by Gasteiger charge is 2.12. The number of aliphatic imine (C=N–C) groups is 1. The van der Waals surface area contributed by atoms with E-state index < -0.39 is 16.9 Å². The highest BCUT2D eigenvalue weighted by Crippen LogP contribution is 2.24. The van der Waals surface area contributed by atoms with Gasteiger partial charge in [0.05, 0.1) is 13.0 Å². The van der Waals surface area contributed by atoms with E-state index in [2.05, 4.69) is 15.1 Å². The number of rotatable bonds is 7. The van der Waals surface area contributed by atoms with Crippen LogP contribution in [0.5, 0.6) is 0 Å². The van der Waals surface area contributed by atoms with Crippen molar-refractivity contribution in [2.24, 2.45) is 10.7 Å². The van der Waals surface area contributed by atoms with Gasteiger partial charge in [0.2, 0.25) is 17.8 Å². The molecule has 0 saturated carbocycles. The smallest absolute Gasteiger partial charge is 0.294 e. The van der Waals surface area contributed by atoms with Crippen molar-refractivity contribution in [3.63, 3.8) is 0 Å². The molecule has 0 unspecified atom stereocenters. The van der Waals surface area contributed by atoms with Gasteiger partial charge in [0.1, 0.15) is 0 Å². The zero-order valence-corrected chi connectivity index (χ0v) is 13.8. The predicted molar refractivity (Wildman–Crippen MR) is 87.1 cm³/mol. The van der Waals surface area contributed by atoms with Gasteiger partial charge >= 0.3 is 0 Å². The third-order valence-corrected chi connectivity index (χ3v) is 3.35. The topological polar surface area (TPSA) is 137 Å². The fourth-order valence-corrected chi connectivity index (χ4v) is 2.16. The summed E-state index contributed by atoms with van der Waals surface area (Å²) in [6.45, 7) is -0.231. The van der Waals surface area contributed by atoms with Gasteiger partial charge in [0, 0.05) is 16.5 Å². The number of hydrogen-bond donors (Lipinski definition) is 2. The van der Waals surface area contributed by atoms with Crippen LogP contribution in [0.4, 0.5) is 0 Å². The number of carbonyl (C=O) groups is 2. The van der Waals surface area contributed by atoms with E-state index in [1.807, 2.05) is 0 Å². The molecule has 0 fully saturated rings. The maximum absolute atomic E-state index is 11.8. The zero-order valence-electron chi connectivity index (χ0n) is 12.3. The van der Waals surface area contributed by atoms with Crippen molar-refractivity contribution < 1.29 is 19.5 Å². The number of amides is 2.